The van der Waals surface area contributed by atoms with Gasteiger partial charge in [-0.15, -0.1) is 0 Å². The van der Waals surface area contributed by atoms with Crippen molar-refractivity contribution in [2.75, 3.05) is 0 Å². The van der Waals surface area contributed by atoms with Gasteiger partial charge in [-0.1, -0.05) is 11.6 Å². The van der Waals surface area contributed by atoms with E-state index >= 15 is 0 Å². The van der Waals surface area contributed by atoms with Gasteiger partial charge in [0, 0.05) is 5.02 Å². The molecule has 1 aromatic carbocycles. The molecule has 0 aliphatic carbocycles. The minimum Gasteiger partial charge on any atom is -0.281 e. The minimum atomic E-state index is -0.612. The van der Waals surface area contributed by atoms with E-state index in [9.17, 15) is 9.18 Å². The molecule has 0 heterocycles. The molecule has 0 amide bonds. The molecule has 4 heteroatoms. The Morgan fingerprint density at radius 1 is 1.55 bits per heavy atom. The van der Waals surface area contributed by atoms with E-state index in [0.29, 0.717) is 0 Å². The minimum absolute atomic E-state index is 0.00519. The summed E-state index contributed by atoms with van der Waals surface area (Å²) < 4.78 is 12.3. The molecule has 1 aromatic rings. The average Bonchev–Trinajstić information content (AvgIpc) is 1.85. The van der Waals surface area contributed by atoms with E-state index in [4.69, 9.17) is 11.6 Å². The Balaban J connectivity index is 3.20. The van der Waals surface area contributed by atoms with Crippen molar-refractivity contribution in [3.8, 4) is 0 Å². The molecule has 0 aromatic heterocycles. The second kappa shape index (κ2) is 3.32. The van der Waals surface area contributed by atoms with Gasteiger partial charge in [0.15, 0.2) is 0 Å². The normalized spacial score (nSPS) is 9.73. The van der Waals surface area contributed by atoms with E-state index in [1.807, 2.05) is 0 Å². The second-order valence-electron chi connectivity index (χ2n) is 1.90. The first-order chi connectivity index (χ1) is 5.11. The maximum Gasteiger partial charge on any atom is 0.230 e. The molecular weight excluding hydrogens is 234 g/mol. The van der Waals surface area contributed by atoms with E-state index < -0.39 is 10.5 Å². The molecule has 0 N–H and O–H groups in total. The highest BCUT2D eigenvalue weighted by atomic mass is 79.9. The van der Waals surface area contributed by atoms with Crippen LogP contribution >= 0.6 is 27.5 Å². The lowest BCUT2D eigenvalue weighted by Gasteiger charge is -1.95. The van der Waals surface area contributed by atoms with Crippen molar-refractivity contribution < 1.29 is 9.18 Å². The van der Waals surface area contributed by atoms with Gasteiger partial charge in [0.05, 0.1) is 5.56 Å². The van der Waals surface area contributed by atoms with Crippen molar-refractivity contribution in [3.05, 3.63) is 34.6 Å². The third-order valence-electron chi connectivity index (χ3n) is 1.14. The van der Waals surface area contributed by atoms with Crippen LogP contribution in [0.25, 0.3) is 0 Å². The van der Waals surface area contributed by atoms with Gasteiger partial charge in [0.25, 0.3) is 0 Å². The zero-order chi connectivity index (χ0) is 8.43. The maximum atomic E-state index is 12.8. The quantitative estimate of drug-likeness (QED) is 0.686. The molecular formula is C7H3BrClFO. The van der Waals surface area contributed by atoms with Crippen molar-refractivity contribution >= 4 is 32.2 Å². The summed E-state index contributed by atoms with van der Waals surface area (Å²) in [7, 11) is 0. The van der Waals surface area contributed by atoms with Gasteiger partial charge in [0.1, 0.15) is 5.82 Å². The van der Waals surface area contributed by atoms with Crippen molar-refractivity contribution in [2.24, 2.45) is 0 Å². The molecule has 0 bridgehead atoms. The summed E-state index contributed by atoms with van der Waals surface area (Å²) in [5, 5.41) is 0.278. The average molecular weight is 237 g/mol. The summed E-state index contributed by atoms with van der Waals surface area (Å²) >= 11 is 8.09. The summed E-state index contributed by atoms with van der Waals surface area (Å²) in [5.74, 6) is -0.612. The number of halogens is 3. The van der Waals surface area contributed by atoms with Crippen LogP contribution in [0.3, 0.4) is 0 Å². The molecule has 11 heavy (non-hydrogen) atoms. The summed E-state index contributed by atoms with van der Waals surface area (Å²) in [6, 6.07) is 3.88. The predicted molar refractivity (Wildman–Crippen MR) is 44.7 cm³/mol. The number of hydrogen-bond donors (Lipinski definition) is 0. The van der Waals surface area contributed by atoms with Crippen LogP contribution in [0.1, 0.15) is 10.4 Å². The molecule has 1 nitrogen and oxygen atoms in total. The van der Waals surface area contributed by atoms with E-state index in [1.165, 1.54) is 12.1 Å². The Morgan fingerprint density at radius 3 is 2.64 bits per heavy atom. The third-order valence-corrected chi connectivity index (χ3v) is 1.81. The Labute approximate surface area is 76.3 Å². The van der Waals surface area contributed by atoms with Gasteiger partial charge in [-0.2, -0.15) is 0 Å². The van der Waals surface area contributed by atoms with Crippen LogP contribution in [-0.2, 0) is 0 Å². The Hall–Kier alpha value is -0.410. The SMILES string of the molecule is O=C(Br)c1ccc(Cl)cc1F. The number of hydrogen-bond acceptors (Lipinski definition) is 1. The topological polar surface area (TPSA) is 17.1 Å². The van der Waals surface area contributed by atoms with Crippen LogP contribution in [0.2, 0.25) is 5.02 Å². The van der Waals surface area contributed by atoms with Crippen molar-refractivity contribution in [3.63, 3.8) is 0 Å². The molecule has 58 valence electrons. The van der Waals surface area contributed by atoms with Crippen LogP contribution < -0.4 is 0 Å². The Morgan fingerprint density at radius 2 is 2.18 bits per heavy atom. The van der Waals surface area contributed by atoms with Gasteiger partial charge in [0.2, 0.25) is 4.69 Å². The van der Waals surface area contributed by atoms with Crippen LogP contribution in [0.4, 0.5) is 4.39 Å². The highest BCUT2D eigenvalue weighted by molar-refractivity contribution is 9.18. The summed E-state index contributed by atoms with van der Waals surface area (Å²) in [5.41, 5.74) is -0.00519. The zero-order valence-electron chi connectivity index (χ0n) is 5.27. The van der Waals surface area contributed by atoms with E-state index in [0.717, 1.165) is 6.07 Å². The summed E-state index contributed by atoms with van der Waals surface area (Å²) in [4.78, 5) is 10.6. The highest BCUT2D eigenvalue weighted by Gasteiger charge is 2.07. The summed E-state index contributed by atoms with van der Waals surface area (Å²) in [6.07, 6.45) is 0. The largest absolute Gasteiger partial charge is 0.281 e. The molecule has 0 unspecified atom stereocenters. The van der Waals surface area contributed by atoms with Crippen molar-refractivity contribution in [2.45, 2.75) is 0 Å². The molecule has 0 spiro atoms. The fraction of sp³-hybridized carbons (Fsp3) is 0. The molecule has 0 radical (unpaired) electrons. The molecule has 0 aliphatic rings. The molecule has 0 aliphatic heterocycles. The standard InChI is InChI=1S/C7H3BrClFO/c8-7(11)5-2-1-4(9)3-6(5)10/h1-3H. The van der Waals surface area contributed by atoms with Gasteiger partial charge in [-0.3, -0.25) is 4.79 Å². The third kappa shape index (κ3) is 2.01. The highest BCUT2D eigenvalue weighted by Crippen LogP contribution is 2.16. The number of rotatable bonds is 1. The number of carbonyl (C=O) groups is 1. The lowest BCUT2D eigenvalue weighted by molar-refractivity contribution is 0.109. The number of benzene rings is 1. The first-order valence-corrected chi connectivity index (χ1v) is 3.93. The fourth-order valence-electron chi connectivity index (χ4n) is 0.649. The van der Waals surface area contributed by atoms with Gasteiger partial charge < -0.3 is 0 Å². The smallest absolute Gasteiger partial charge is 0.230 e. The Kier molecular flexibility index (Phi) is 2.62. The molecule has 0 atom stereocenters. The van der Waals surface area contributed by atoms with Crippen LogP contribution in [0.5, 0.6) is 0 Å². The van der Waals surface area contributed by atoms with E-state index in [-0.39, 0.29) is 10.6 Å². The molecule has 0 saturated carbocycles. The van der Waals surface area contributed by atoms with Crippen LogP contribution in [0, 0.1) is 5.82 Å². The van der Waals surface area contributed by atoms with E-state index in [1.54, 1.807) is 0 Å². The van der Waals surface area contributed by atoms with Crippen molar-refractivity contribution in [1.82, 2.24) is 0 Å². The van der Waals surface area contributed by atoms with Gasteiger partial charge in [-0.05, 0) is 34.1 Å². The van der Waals surface area contributed by atoms with Gasteiger partial charge >= 0.3 is 0 Å². The zero-order valence-corrected chi connectivity index (χ0v) is 7.62. The lowest BCUT2D eigenvalue weighted by Crippen LogP contribution is -1.92. The molecule has 0 saturated heterocycles. The predicted octanol–water partition coefficient (Wildman–Crippen LogP) is 3.01. The van der Waals surface area contributed by atoms with E-state index in [2.05, 4.69) is 15.9 Å². The Bertz CT molecular complexity index is 300. The first kappa shape index (κ1) is 8.68. The fourth-order valence-corrected chi connectivity index (χ4v) is 1.13. The lowest BCUT2D eigenvalue weighted by atomic mass is 10.2. The second-order valence-corrected chi connectivity index (χ2v) is 3.05. The summed E-state index contributed by atoms with van der Waals surface area (Å²) in [6.45, 7) is 0. The maximum absolute atomic E-state index is 12.8. The monoisotopic (exact) mass is 236 g/mol. The molecule has 1 rings (SSSR count). The first-order valence-electron chi connectivity index (χ1n) is 2.76. The number of carbonyl (C=O) groups excluding carboxylic acids is 1. The van der Waals surface area contributed by atoms with Crippen LogP contribution in [-0.4, -0.2) is 4.69 Å². The molecule has 0 fully saturated rings. The van der Waals surface area contributed by atoms with Crippen molar-refractivity contribution in [1.29, 1.82) is 0 Å². The van der Waals surface area contributed by atoms with Crippen LogP contribution in [0.15, 0.2) is 18.2 Å². The van der Waals surface area contributed by atoms with Gasteiger partial charge in [-0.25, -0.2) is 4.39 Å².